The fraction of sp³-hybridized carbons (Fsp3) is 0.435. The van der Waals surface area contributed by atoms with E-state index in [1.807, 2.05) is 6.07 Å². The van der Waals surface area contributed by atoms with Gasteiger partial charge in [-0.25, -0.2) is 4.79 Å². The van der Waals surface area contributed by atoms with Gasteiger partial charge in [-0.2, -0.15) is 0 Å². The molecule has 140 valence electrons. The number of amides is 1. The predicted octanol–water partition coefficient (Wildman–Crippen LogP) is 3.81. The maximum atomic E-state index is 12.5. The Labute approximate surface area is 160 Å². The first-order valence-electron chi connectivity index (χ1n) is 10.1. The van der Waals surface area contributed by atoms with Crippen LogP contribution in [0.15, 0.2) is 54.6 Å². The lowest BCUT2D eigenvalue weighted by Crippen LogP contribution is -2.64. The van der Waals surface area contributed by atoms with Gasteiger partial charge in [0.15, 0.2) is 0 Å². The highest BCUT2D eigenvalue weighted by Gasteiger charge is 2.56. The maximum absolute atomic E-state index is 12.5. The van der Waals surface area contributed by atoms with Crippen LogP contribution in [0.2, 0.25) is 0 Å². The number of piperidine rings is 3. The van der Waals surface area contributed by atoms with Crippen molar-refractivity contribution < 1.29 is 9.90 Å². The van der Waals surface area contributed by atoms with E-state index in [1.54, 1.807) is 4.90 Å². The van der Waals surface area contributed by atoms with E-state index in [0.717, 1.165) is 31.6 Å². The summed E-state index contributed by atoms with van der Waals surface area (Å²) in [5.74, 6) is 0.864. The molecule has 0 radical (unpaired) electrons. The van der Waals surface area contributed by atoms with Crippen molar-refractivity contribution >= 4 is 6.09 Å². The van der Waals surface area contributed by atoms with Crippen molar-refractivity contribution in [2.45, 2.75) is 24.8 Å². The van der Waals surface area contributed by atoms with E-state index in [4.69, 9.17) is 0 Å². The van der Waals surface area contributed by atoms with Crippen molar-refractivity contribution in [1.29, 1.82) is 0 Å². The molecule has 2 atom stereocenters. The lowest BCUT2D eigenvalue weighted by molar-refractivity contribution is -0.0422. The van der Waals surface area contributed by atoms with Crippen LogP contribution in [0.4, 0.5) is 4.79 Å². The molecule has 0 saturated carbocycles. The molecule has 4 aliphatic rings. The average molecular weight is 362 g/mol. The third-order valence-corrected chi connectivity index (χ3v) is 7.10. The molecule has 1 N–H and O–H groups in total. The van der Waals surface area contributed by atoms with E-state index in [1.165, 1.54) is 24.0 Å². The zero-order valence-electron chi connectivity index (χ0n) is 15.6. The Bertz CT molecular complexity index is 844. The highest BCUT2D eigenvalue weighted by Crippen LogP contribution is 2.52. The van der Waals surface area contributed by atoms with E-state index in [2.05, 4.69) is 53.4 Å². The quantitative estimate of drug-likeness (QED) is 0.883. The fourth-order valence-electron chi connectivity index (χ4n) is 5.97. The van der Waals surface area contributed by atoms with Crippen LogP contribution in [0.3, 0.4) is 0 Å². The lowest BCUT2D eigenvalue weighted by atomic mass is 9.60. The molecular weight excluding hydrogens is 336 g/mol. The number of carbonyl (C=O) groups is 1. The molecule has 1 unspecified atom stereocenters. The minimum absolute atomic E-state index is 0.292. The molecule has 2 bridgehead atoms. The van der Waals surface area contributed by atoms with Crippen molar-refractivity contribution in [3.63, 3.8) is 0 Å². The number of hydrogen-bond acceptors (Lipinski definition) is 2. The van der Waals surface area contributed by atoms with E-state index in [9.17, 15) is 9.90 Å². The van der Waals surface area contributed by atoms with Crippen molar-refractivity contribution in [1.82, 2.24) is 9.80 Å². The molecule has 3 saturated heterocycles. The lowest BCUT2D eigenvalue weighted by Gasteiger charge is -2.58. The third-order valence-electron chi connectivity index (χ3n) is 7.10. The van der Waals surface area contributed by atoms with Crippen LogP contribution in [-0.2, 0) is 12.0 Å². The SMILES string of the molecule is O=C(O)N1CCc2ccccc2[C@]1(c1ccccc1)C1CN2CCC1CC2. The molecule has 4 heteroatoms. The third kappa shape index (κ3) is 2.43. The molecule has 0 aromatic heterocycles. The summed E-state index contributed by atoms with van der Waals surface area (Å²) in [4.78, 5) is 16.8. The average Bonchev–Trinajstić information content (AvgIpc) is 2.74. The summed E-state index contributed by atoms with van der Waals surface area (Å²) in [5.41, 5.74) is 3.03. The minimum Gasteiger partial charge on any atom is -0.465 e. The zero-order valence-corrected chi connectivity index (χ0v) is 15.6. The monoisotopic (exact) mass is 362 g/mol. The summed E-state index contributed by atoms with van der Waals surface area (Å²) in [6, 6.07) is 18.9. The van der Waals surface area contributed by atoms with Crippen LogP contribution < -0.4 is 0 Å². The molecule has 1 amide bonds. The minimum atomic E-state index is -0.801. The van der Waals surface area contributed by atoms with Crippen LogP contribution in [0.25, 0.3) is 0 Å². The standard InChI is InChI=1S/C23H26N2O2/c26-22(27)25-15-12-17-6-4-5-9-20(17)23(25,19-7-2-1-3-8-19)21-16-24-13-10-18(21)11-14-24/h1-9,18,21H,10-16H2,(H,26,27)/t21?,23-/m1/s1. The second-order valence-corrected chi connectivity index (χ2v) is 8.22. The summed E-state index contributed by atoms with van der Waals surface area (Å²) in [6.45, 7) is 3.85. The molecule has 2 aromatic carbocycles. The highest BCUT2D eigenvalue weighted by atomic mass is 16.4. The first kappa shape index (κ1) is 16.8. The number of benzene rings is 2. The van der Waals surface area contributed by atoms with Gasteiger partial charge in [-0.3, -0.25) is 4.90 Å². The molecule has 4 aliphatic heterocycles. The van der Waals surface area contributed by atoms with E-state index >= 15 is 0 Å². The summed E-state index contributed by atoms with van der Waals surface area (Å²) in [5, 5.41) is 10.3. The molecular formula is C23H26N2O2. The van der Waals surface area contributed by atoms with E-state index in [-0.39, 0.29) is 0 Å². The number of rotatable bonds is 2. The highest BCUT2D eigenvalue weighted by molar-refractivity contribution is 5.70. The van der Waals surface area contributed by atoms with Gasteiger partial charge in [0.05, 0.1) is 0 Å². The van der Waals surface area contributed by atoms with Gasteiger partial charge < -0.3 is 10.0 Å². The van der Waals surface area contributed by atoms with Crippen molar-refractivity contribution in [2.24, 2.45) is 11.8 Å². The van der Waals surface area contributed by atoms with Gasteiger partial charge in [-0.1, -0.05) is 54.6 Å². The van der Waals surface area contributed by atoms with Crippen LogP contribution in [0, 0.1) is 11.8 Å². The summed E-state index contributed by atoms with van der Waals surface area (Å²) < 4.78 is 0. The number of carboxylic acid groups (broad SMARTS) is 1. The van der Waals surface area contributed by atoms with Crippen LogP contribution >= 0.6 is 0 Å². The number of hydrogen-bond donors (Lipinski definition) is 1. The van der Waals surface area contributed by atoms with Gasteiger partial charge in [0, 0.05) is 19.0 Å². The smallest absolute Gasteiger partial charge is 0.408 e. The summed E-state index contributed by atoms with van der Waals surface area (Å²) in [6.07, 6.45) is 2.34. The van der Waals surface area contributed by atoms with Crippen molar-refractivity contribution in [2.75, 3.05) is 26.2 Å². The van der Waals surface area contributed by atoms with Crippen molar-refractivity contribution in [3.8, 4) is 0 Å². The molecule has 6 rings (SSSR count). The maximum Gasteiger partial charge on any atom is 0.408 e. The first-order chi connectivity index (χ1) is 13.2. The molecule has 4 nitrogen and oxygen atoms in total. The van der Waals surface area contributed by atoms with Gasteiger partial charge in [0.25, 0.3) is 0 Å². The Kier molecular flexibility index (Phi) is 3.97. The predicted molar refractivity (Wildman–Crippen MR) is 105 cm³/mol. The van der Waals surface area contributed by atoms with Gasteiger partial charge >= 0.3 is 6.09 Å². The van der Waals surface area contributed by atoms with Gasteiger partial charge in [0.1, 0.15) is 5.54 Å². The van der Waals surface area contributed by atoms with Crippen molar-refractivity contribution in [3.05, 3.63) is 71.3 Å². The van der Waals surface area contributed by atoms with Gasteiger partial charge in [-0.15, -0.1) is 0 Å². The number of nitrogens with zero attached hydrogens (tertiary/aromatic N) is 2. The van der Waals surface area contributed by atoms with Gasteiger partial charge in [0.2, 0.25) is 0 Å². The Morgan fingerprint density at radius 1 is 0.963 bits per heavy atom. The zero-order chi connectivity index (χ0) is 18.4. The number of fused-ring (bicyclic) bond motifs is 4. The van der Waals surface area contributed by atoms with Crippen LogP contribution in [0.1, 0.15) is 29.5 Å². The molecule has 0 aliphatic carbocycles. The molecule has 27 heavy (non-hydrogen) atoms. The molecule has 3 fully saturated rings. The van der Waals surface area contributed by atoms with E-state index in [0.29, 0.717) is 18.4 Å². The summed E-state index contributed by atoms with van der Waals surface area (Å²) >= 11 is 0. The molecule has 4 heterocycles. The Morgan fingerprint density at radius 2 is 1.67 bits per heavy atom. The van der Waals surface area contributed by atoms with Gasteiger partial charge in [-0.05, 0) is 55.0 Å². The Balaban J connectivity index is 1.79. The Morgan fingerprint density at radius 3 is 2.33 bits per heavy atom. The summed E-state index contributed by atoms with van der Waals surface area (Å²) in [7, 11) is 0. The normalized spacial score (nSPS) is 32.1. The molecule has 2 aromatic rings. The van der Waals surface area contributed by atoms with E-state index < -0.39 is 11.6 Å². The van der Waals surface area contributed by atoms with Crippen LogP contribution in [-0.4, -0.2) is 47.2 Å². The first-order valence-corrected chi connectivity index (χ1v) is 10.1. The Hall–Kier alpha value is -2.33. The largest absolute Gasteiger partial charge is 0.465 e. The fourth-order valence-corrected chi connectivity index (χ4v) is 5.97. The topological polar surface area (TPSA) is 43.8 Å². The molecule has 0 spiro atoms. The second-order valence-electron chi connectivity index (χ2n) is 8.22. The van der Waals surface area contributed by atoms with Crippen LogP contribution in [0.5, 0.6) is 0 Å². The second kappa shape index (κ2) is 6.38.